The molecule has 0 saturated carbocycles. The van der Waals surface area contributed by atoms with Gasteiger partial charge in [-0.05, 0) is 24.0 Å². The Hall–Kier alpha value is -2.10. The highest BCUT2D eigenvalue weighted by Crippen LogP contribution is 2.16. The van der Waals surface area contributed by atoms with Gasteiger partial charge in [0.05, 0.1) is 13.3 Å². The minimum atomic E-state index is 0.994. The van der Waals surface area contributed by atoms with Crippen LogP contribution >= 0.6 is 0 Å². The van der Waals surface area contributed by atoms with Crippen molar-refractivity contribution in [1.29, 1.82) is 0 Å². The van der Waals surface area contributed by atoms with Crippen molar-refractivity contribution in [3.05, 3.63) is 60.2 Å². The summed E-state index contributed by atoms with van der Waals surface area (Å²) >= 11 is 0. The van der Waals surface area contributed by atoms with E-state index >= 15 is 0 Å². The number of rotatable bonds is 10. The van der Waals surface area contributed by atoms with E-state index in [9.17, 15) is 0 Å². The molecule has 0 radical (unpaired) electrons. The van der Waals surface area contributed by atoms with Crippen molar-refractivity contribution in [3.8, 4) is 0 Å². The second kappa shape index (κ2) is 9.56. The molecule has 4 heteroatoms. The summed E-state index contributed by atoms with van der Waals surface area (Å²) < 4.78 is 0. The summed E-state index contributed by atoms with van der Waals surface area (Å²) in [6.07, 6.45) is 14.0. The molecule has 4 nitrogen and oxygen atoms in total. The molecular weight excluding hydrogens is 320 g/mol. The number of nitrogens with zero attached hydrogens (tertiary/aromatic N) is 4. The molecular formula is C22H34N4. The first-order valence-corrected chi connectivity index (χ1v) is 10.2. The predicted molar refractivity (Wildman–Crippen MR) is 109 cm³/mol. The molecule has 1 aromatic carbocycles. The Kier molecular flexibility index (Phi) is 6.87. The van der Waals surface area contributed by atoms with Gasteiger partial charge in [0.1, 0.15) is 0 Å². The molecule has 0 aromatic heterocycles. The van der Waals surface area contributed by atoms with E-state index in [2.05, 4.69) is 82.5 Å². The van der Waals surface area contributed by atoms with E-state index in [1.807, 2.05) is 0 Å². The fraction of sp³-hybridized carbons (Fsp3) is 0.545. The lowest BCUT2D eigenvalue weighted by molar-refractivity contribution is 0.256. The van der Waals surface area contributed by atoms with E-state index in [4.69, 9.17) is 0 Å². The second-order valence-corrected chi connectivity index (χ2v) is 7.52. The van der Waals surface area contributed by atoms with Gasteiger partial charge in [0.2, 0.25) is 0 Å². The second-order valence-electron chi connectivity index (χ2n) is 7.52. The summed E-state index contributed by atoms with van der Waals surface area (Å²) in [5, 5.41) is 0. The zero-order chi connectivity index (χ0) is 18.2. The lowest BCUT2D eigenvalue weighted by Crippen LogP contribution is -2.26. The molecule has 0 bridgehead atoms. The van der Waals surface area contributed by atoms with Crippen molar-refractivity contribution in [2.75, 3.05) is 26.4 Å². The zero-order valence-corrected chi connectivity index (χ0v) is 16.5. The molecule has 0 amide bonds. The third-order valence-corrected chi connectivity index (χ3v) is 5.10. The van der Waals surface area contributed by atoms with Gasteiger partial charge >= 0.3 is 0 Å². The highest BCUT2D eigenvalue weighted by molar-refractivity contribution is 5.23. The van der Waals surface area contributed by atoms with Crippen molar-refractivity contribution in [2.24, 2.45) is 0 Å². The first-order chi connectivity index (χ1) is 12.8. The summed E-state index contributed by atoms with van der Waals surface area (Å²) in [4.78, 5) is 9.59. The van der Waals surface area contributed by atoms with Gasteiger partial charge in [-0.3, -0.25) is 0 Å². The number of hydrogen-bond acceptors (Lipinski definition) is 4. The Morgan fingerprint density at radius 1 is 0.615 bits per heavy atom. The van der Waals surface area contributed by atoms with E-state index in [0.717, 1.165) is 26.4 Å². The van der Waals surface area contributed by atoms with Crippen LogP contribution in [-0.2, 0) is 13.1 Å². The third kappa shape index (κ3) is 5.45. The molecule has 3 rings (SSSR count). The lowest BCUT2D eigenvalue weighted by Gasteiger charge is -2.22. The molecule has 0 spiro atoms. The summed E-state index contributed by atoms with van der Waals surface area (Å²) in [6, 6.07) is 9.14. The maximum Gasteiger partial charge on any atom is 0.0897 e. The number of unbranched alkanes of at least 4 members (excludes halogenated alkanes) is 2. The Balaban J connectivity index is 1.42. The summed E-state index contributed by atoms with van der Waals surface area (Å²) in [7, 11) is 0. The highest BCUT2D eigenvalue weighted by atomic mass is 15.3. The smallest absolute Gasteiger partial charge is 0.0897 e. The van der Waals surface area contributed by atoms with Crippen LogP contribution < -0.4 is 0 Å². The van der Waals surface area contributed by atoms with Gasteiger partial charge < -0.3 is 19.6 Å². The van der Waals surface area contributed by atoms with Crippen LogP contribution in [0, 0.1) is 0 Å². The van der Waals surface area contributed by atoms with Crippen LogP contribution in [0.3, 0.4) is 0 Å². The van der Waals surface area contributed by atoms with E-state index in [1.165, 1.54) is 49.9 Å². The first-order valence-electron chi connectivity index (χ1n) is 10.2. The minimum Gasteiger partial charge on any atom is -0.359 e. The molecule has 0 unspecified atom stereocenters. The van der Waals surface area contributed by atoms with Crippen LogP contribution in [-0.4, -0.2) is 46.0 Å². The molecule has 2 aliphatic rings. The molecule has 0 atom stereocenters. The molecule has 2 aliphatic heterocycles. The van der Waals surface area contributed by atoms with Crippen molar-refractivity contribution in [1.82, 2.24) is 19.6 Å². The van der Waals surface area contributed by atoms with Gasteiger partial charge in [-0.1, -0.05) is 51.0 Å². The Bertz CT molecular complexity index is 540. The van der Waals surface area contributed by atoms with Gasteiger partial charge in [0, 0.05) is 51.0 Å². The standard InChI is InChI=1S/C22H34N4/c1-3-5-11-23-13-15-25(19-23)17-21-7-9-22(10-8-21)18-26-16-14-24(20-26)12-6-4-2/h7-10,13-16H,3-6,11-12,17-20H2,1-2H3. The lowest BCUT2D eigenvalue weighted by atomic mass is 10.1. The van der Waals surface area contributed by atoms with Gasteiger partial charge in [0.25, 0.3) is 0 Å². The fourth-order valence-electron chi connectivity index (χ4n) is 3.47. The van der Waals surface area contributed by atoms with E-state index in [1.54, 1.807) is 0 Å². The van der Waals surface area contributed by atoms with E-state index < -0.39 is 0 Å². The average Bonchev–Trinajstić information content (AvgIpc) is 3.29. The minimum absolute atomic E-state index is 0.994. The van der Waals surface area contributed by atoms with Gasteiger partial charge in [0.15, 0.2) is 0 Å². The van der Waals surface area contributed by atoms with Crippen LogP contribution in [0.2, 0.25) is 0 Å². The molecule has 1 aromatic rings. The fourth-order valence-corrected chi connectivity index (χ4v) is 3.47. The molecule has 26 heavy (non-hydrogen) atoms. The number of benzene rings is 1. The predicted octanol–water partition coefficient (Wildman–Crippen LogP) is 4.38. The van der Waals surface area contributed by atoms with Crippen molar-refractivity contribution in [3.63, 3.8) is 0 Å². The Morgan fingerprint density at radius 3 is 1.38 bits per heavy atom. The molecule has 142 valence electrons. The van der Waals surface area contributed by atoms with E-state index in [0.29, 0.717) is 0 Å². The maximum atomic E-state index is 2.40. The van der Waals surface area contributed by atoms with Crippen LogP contribution in [0.5, 0.6) is 0 Å². The van der Waals surface area contributed by atoms with Gasteiger partial charge in [-0.15, -0.1) is 0 Å². The quantitative estimate of drug-likeness (QED) is 0.618. The van der Waals surface area contributed by atoms with Crippen LogP contribution in [0.15, 0.2) is 49.1 Å². The summed E-state index contributed by atoms with van der Waals surface area (Å²) in [6.45, 7) is 10.9. The normalized spacial score (nSPS) is 16.4. The van der Waals surface area contributed by atoms with Crippen molar-refractivity contribution >= 4 is 0 Å². The molecule has 0 aliphatic carbocycles. The maximum absolute atomic E-state index is 2.40. The zero-order valence-electron chi connectivity index (χ0n) is 16.5. The van der Waals surface area contributed by atoms with Gasteiger partial charge in [-0.25, -0.2) is 0 Å². The van der Waals surface area contributed by atoms with Crippen LogP contribution in [0.25, 0.3) is 0 Å². The Labute approximate surface area is 159 Å². The van der Waals surface area contributed by atoms with Gasteiger partial charge in [-0.2, -0.15) is 0 Å². The molecule has 2 heterocycles. The van der Waals surface area contributed by atoms with E-state index in [-0.39, 0.29) is 0 Å². The molecule has 0 fully saturated rings. The van der Waals surface area contributed by atoms with Crippen LogP contribution in [0.4, 0.5) is 0 Å². The third-order valence-electron chi connectivity index (χ3n) is 5.10. The number of hydrogen-bond donors (Lipinski definition) is 0. The molecule has 0 N–H and O–H groups in total. The van der Waals surface area contributed by atoms with Crippen LogP contribution in [0.1, 0.15) is 50.7 Å². The van der Waals surface area contributed by atoms with Crippen molar-refractivity contribution in [2.45, 2.75) is 52.6 Å². The highest BCUT2D eigenvalue weighted by Gasteiger charge is 2.13. The summed E-state index contributed by atoms with van der Waals surface area (Å²) in [5.74, 6) is 0. The average molecular weight is 355 g/mol. The Morgan fingerprint density at radius 2 is 1.00 bits per heavy atom. The summed E-state index contributed by atoms with van der Waals surface area (Å²) in [5.41, 5.74) is 2.77. The monoisotopic (exact) mass is 354 g/mol. The molecule has 0 saturated heterocycles. The largest absolute Gasteiger partial charge is 0.359 e. The topological polar surface area (TPSA) is 13.0 Å². The van der Waals surface area contributed by atoms with Crippen molar-refractivity contribution < 1.29 is 0 Å². The SMILES string of the molecule is CCCCN1C=CN(Cc2ccc(CN3C=CN(CCCC)C3)cc2)C1. The first kappa shape index (κ1) is 18.7.